The molecule has 0 aliphatic carbocycles. The van der Waals surface area contributed by atoms with Crippen molar-refractivity contribution in [3.63, 3.8) is 0 Å². The van der Waals surface area contributed by atoms with Crippen molar-refractivity contribution in [2.24, 2.45) is 0 Å². The lowest BCUT2D eigenvalue weighted by atomic mass is 10.1. The predicted molar refractivity (Wildman–Crippen MR) is 152 cm³/mol. The van der Waals surface area contributed by atoms with Gasteiger partial charge in [0.25, 0.3) is 0 Å². The smallest absolute Gasteiger partial charge is 0.220 e. The Kier molecular flexibility index (Phi) is 7.46. The van der Waals surface area contributed by atoms with Crippen LogP contribution in [0.25, 0.3) is 28.1 Å². The van der Waals surface area contributed by atoms with E-state index in [-0.39, 0.29) is 11.7 Å². The van der Waals surface area contributed by atoms with E-state index in [1.165, 1.54) is 11.3 Å². The topological polar surface area (TPSA) is 105 Å². The Morgan fingerprint density at radius 3 is 2.71 bits per heavy atom. The summed E-state index contributed by atoms with van der Waals surface area (Å²) in [6, 6.07) is 18.7. The monoisotopic (exact) mass is 524 g/mol. The first kappa shape index (κ1) is 25.2. The number of thiazole rings is 1. The fourth-order valence-electron chi connectivity index (χ4n) is 4.19. The molecule has 0 unspecified atom stereocenters. The maximum atomic E-state index is 12.3. The van der Waals surface area contributed by atoms with Crippen LogP contribution in [0.5, 0.6) is 5.75 Å². The number of aromatic hydroxyl groups is 1. The van der Waals surface area contributed by atoms with E-state index in [9.17, 15) is 9.90 Å². The van der Waals surface area contributed by atoms with E-state index < -0.39 is 0 Å². The molecule has 9 heteroatoms. The Morgan fingerprint density at radius 1 is 1.08 bits per heavy atom. The van der Waals surface area contributed by atoms with Crippen LogP contribution in [0, 0.1) is 6.92 Å². The Bertz CT molecular complexity index is 1570. The number of nitrogens with one attached hydrogen (secondary N) is 2. The lowest BCUT2D eigenvalue weighted by molar-refractivity contribution is -0.121. The molecule has 0 aliphatic heterocycles. The average Bonchev–Trinajstić information content (AvgIpc) is 3.52. The first-order valence-electron chi connectivity index (χ1n) is 12.3. The number of carbonyl (C=O) groups is 1. The van der Waals surface area contributed by atoms with E-state index in [1.807, 2.05) is 48.7 Å². The zero-order valence-electron chi connectivity index (χ0n) is 21.0. The van der Waals surface area contributed by atoms with E-state index in [1.54, 1.807) is 30.5 Å². The van der Waals surface area contributed by atoms with E-state index in [4.69, 9.17) is 4.98 Å². The van der Waals surface area contributed by atoms with Gasteiger partial charge in [0.2, 0.25) is 5.91 Å². The quantitative estimate of drug-likeness (QED) is 0.215. The van der Waals surface area contributed by atoms with Crippen molar-refractivity contribution in [1.29, 1.82) is 0 Å². The fraction of sp³-hybridized carbons (Fsp3) is 0.172. The molecule has 0 radical (unpaired) electrons. The number of phenols is 1. The normalized spacial score (nSPS) is 11.0. The molecule has 5 aromatic rings. The second-order valence-corrected chi connectivity index (χ2v) is 9.78. The van der Waals surface area contributed by atoms with Gasteiger partial charge >= 0.3 is 0 Å². The van der Waals surface area contributed by atoms with Gasteiger partial charge in [-0.3, -0.25) is 9.78 Å². The summed E-state index contributed by atoms with van der Waals surface area (Å²) in [7, 11) is 0. The molecule has 5 rings (SSSR count). The van der Waals surface area contributed by atoms with Gasteiger partial charge in [0, 0.05) is 36.8 Å². The summed E-state index contributed by atoms with van der Waals surface area (Å²) in [5, 5.41) is 18.3. The zero-order valence-corrected chi connectivity index (χ0v) is 21.8. The fourth-order valence-corrected chi connectivity index (χ4v) is 4.91. The summed E-state index contributed by atoms with van der Waals surface area (Å²) in [6.07, 6.45) is 2.88. The molecule has 38 heavy (non-hydrogen) atoms. The number of pyridine rings is 1. The highest BCUT2D eigenvalue weighted by atomic mass is 32.1. The van der Waals surface area contributed by atoms with Crippen molar-refractivity contribution in [2.75, 3.05) is 5.32 Å². The molecular formula is C29H28N6O2S. The van der Waals surface area contributed by atoms with E-state index in [0.29, 0.717) is 25.9 Å². The molecule has 0 saturated heterocycles. The zero-order chi connectivity index (χ0) is 26.5. The second kappa shape index (κ2) is 11.3. The molecule has 2 aromatic carbocycles. The molecule has 0 atom stereocenters. The number of anilines is 1. The molecule has 0 spiro atoms. The van der Waals surface area contributed by atoms with Crippen molar-refractivity contribution >= 4 is 39.1 Å². The van der Waals surface area contributed by atoms with Gasteiger partial charge in [-0.25, -0.2) is 9.97 Å². The van der Waals surface area contributed by atoms with Gasteiger partial charge in [-0.15, -0.1) is 11.3 Å². The molecular weight excluding hydrogens is 496 g/mol. The highest BCUT2D eigenvalue weighted by molar-refractivity contribution is 7.14. The molecule has 0 saturated carbocycles. The summed E-state index contributed by atoms with van der Waals surface area (Å²) in [6.45, 7) is 7.32. The first-order valence-corrected chi connectivity index (χ1v) is 13.2. The van der Waals surface area contributed by atoms with Crippen molar-refractivity contribution in [2.45, 2.75) is 32.9 Å². The van der Waals surface area contributed by atoms with Gasteiger partial charge in [0.05, 0.1) is 16.7 Å². The summed E-state index contributed by atoms with van der Waals surface area (Å²) in [5.74, 6) is 1.11. The number of nitrogens with zero attached hydrogens (tertiary/aromatic N) is 4. The van der Waals surface area contributed by atoms with Crippen LogP contribution in [-0.4, -0.2) is 30.5 Å². The van der Waals surface area contributed by atoms with Gasteiger partial charge in [0.15, 0.2) is 5.13 Å². The van der Waals surface area contributed by atoms with Crippen LogP contribution in [-0.2, 0) is 17.9 Å². The van der Waals surface area contributed by atoms with Crippen molar-refractivity contribution in [1.82, 2.24) is 24.8 Å². The molecule has 8 nitrogen and oxygen atoms in total. The predicted octanol–water partition coefficient (Wildman–Crippen LogP) is 5.75. The molecule has 1 amide bonds. The van der Waals surface area contributed by atoms with Crippen LogP contribution in [0.3, 0.4) is 0 Å². The van der Waals surface area contributed by atoms with Gasteiger partial charge in [-0.2, -0.15) is 0 Å². The number of hydrogen-bond acceptors (Lipinski definition) is 7. The number of hydrogen-bond donors (Lipinski definition) is 3. The Labute approximate surface area is 224 Å². The SMILES string of the molecule is C=C(Nc1nc(-c2ccccn2)cs1)c1ccc2c(c1)nc(C)n2CCCC(=O)NCc1ccc(O)cc1. The molecule has 0 fully saturated rings. The number of benzene rings is 2. The van der Waals surface area contributed by atoms with Crippen LogP contribution in [0.2, 0.25) is 0 Å². The van der Waals surface area contributed by atoms with Gasteiger partial charge in [0.1, 0.15) is 17.3 Å². The number of imidazole rings is 1. The van der Waals surface area contributed by atoms with E-state index in [0.717, 1.165) is 50.2 Å². The largest absolute Gasteiger partial charge is 0.508 e. The number of aromatic nitrogens is 4. The number of phenolic OH excluding ortho intramolecular Hbond substituents is 1. The number of fused-ring (bicyclic) bond motifs is 1. The molecule has 3 aromatic heterocycles. The average molecular weight is 525 g/mol. The maximum Gasteiger partial charge on any atom is 0.220 e. The highest BCUT2D eigenvalue weighted by Crippen LogP contribution is 2.27. The Hall–Kier alpha value is -4.50. The van der Waals surface area contributed by atoms with Gasteiger partial charge < -0.3 is 20.3 Å². The number of carbonyl (C=O) groups excluding carboxylic acids is 1. The third-order valence-corrected chi connectivity index (χ3v) is 6.95. The van der Waals surface area contributed by atoms with Crippen LogP contribution in [0.4, 0.5) is 5.13 Å². The molecule has 0 bridgehead atoms. The van der Waals surface area contributed by atoms with Crippen molar-refractivity contribution < 1.29 is 9.90 Å². The lowest BCUT2D eigenvalue weighted by Gasteiger charge is -2.09. The third kappa shape index (κ3) is 5.90. The minimum atomic E-state index is -0.00167. The van der Waals surface area contributed by atoms with Crippen molar-refractivity contribution in [3.05, 3.63) is 95.8 Å². The minimum absolute atomic E-state index is 0.00167. The van der Waals surface area contributed by atoms with Crippen LogP contribution in [0.1, 0.15) is 29.8 Å². The Balaban J connectivity index is 1.18. The third-order valence-electron chi connectivity index (χ3n) is 6.19. The van der Waals surface area contributed by atoms with E-state index >= 15 is 0 Å². The summed E-state index contributed by atoms with van der Waals surface area (Å²) < 4.78 is 2.14. The summed E-state index contributed by atoms with van der Waals surface area (Å²) >= 11 is 1.51. The van der Waals surface area contributed by atoms with Crippen LogP contribution in [0.15, 0.2) is 78.8 Å². The minimum Gasteiger partial charge on any atom is -0.508 e. The number of aryl methyl sites for hydroxylation is 2. The maximum absolute atomic E-state index is 12.3. The second-order valence-electron chi connectivity index (χ2n) is 8.92. The number of amides is 1. The highest BCUT2D eigenvalue weighted by Gasteiger charge is 2.12. The van der Waals surface area contributed by atoms with Crippen LogP contribution >= 0.6 is 11.3 Å². The van der Waals surface area contributed by atoms with Crippen LogP contribution < -0.4 is 10.6 Å². The van der Waals surface area contributed by atoms with Gasteiger partial charge in [-0.1, -0.05) is 30.8 Å². The molecule has 3 heterocycles. The Morgan fingerprint density at radius 2 is 1.92 bits per heavy atom. The standard InChI is InChI=1S/C29H28N6O2S/c1-19(32-29-34-26(18-38-29)24-6-3-4-14-30-24)22-10-13-27-25(16-22)33-20(2)35(27)15-5-7-28(37)31-17-21-8-11-23(36)12-9-21/h3-4,6,8-14,16,18,36H,1,5,7,15,17H2,2H3,(H,31,37)(H,32,34). The molecule has 0 aliphatic rings. The lowest BCUT2D eigenvalue weighted by Crippen LogP contribution is -2.22. The van der Waals surface area contributed by atoms with E-state index in [2.05, 4.69) is 31.7 Å². The van der Waals surface area contributed by atoms with Crippen molar-refractivity contribution in [3.8, 4) is 17.1 Å². The number of rotatable bonds is 10. The molecule has 192 valence electrons. The first-order chi connectivity index (χ1) is 18.5. The summed E-state index contributed by atoms with van der Waals surface area (Å²) in [4.78, 5) is 26.0. The van der Waals surface area contributed by atoms with Gasteiger partial charge in [-0.05, 0) is 60.9 Å². The molecule has 3 N–H and O–H groups in total. The summed E-state index contributed by atoms with van der Waals surface area (Å²) in [5.41, 5.74) is 6.19.